The molecule has 0 spiro atoms. The molecule has 7 heteroatoms. The first-order valence-corrected chi connectivity index (χ1v) is 9.98. The Morgan fingerprint density at radius 3 is 2.63 bits per heavy atom. The predicted octanol–water partition coefficient (Wildman–Crippen LogP) is 2.75. The second-order valence-electron chi connectivity index (χ2n) is 7.55. The number of nitrogens with one attached hydrogen (secondary N) is 2. The first kappa shape index (κ1) is 17.8. The number of H-pyrrole nitrogens is 1. The van der Waals surface area contributed by atoms with Crippen LogP contribution in [0.5, 0.6) is 0 Å². The molecular formula is C20H27N5O2. The van der Waals surface area contributed by atoms with E-state index in [4.69, 9.17) is 0 Å². The Balaban J connectivity index is 1.35. The minimum atomic E-state index is 0.0149. The van der Waals surface area contributed by atoms with Crippen molar-refractivity contribution in [3.8, 4) is 0 Å². The number of rotatable bonds is 2. The van der Waals surface area contributed by atoms with Crippen molar-refractivity contribution >= 4 is 23.0 Å². The van der Waals surface area contributed by atoms with Crippen molar-refractivity contribution in [2.24, 2.45) is 0 Å². The number of hydrogen-bond acceptors (Lipinski definition) is 3. The fourth-order valence-corrected chi connectivity index (χ4v) is 4.09. The highest BCUT2D eigenvalue weighted by molar-refractivity contribution is 5.97. The number of aromatic nitrogens is 2. The van der Waals surface area contributed by atoms with Crippen LogP contribution >= 0.6 is 0 Å². The molecule has 4 rings (SSSR count). The minimum absolute atomic E-state index is 0.0149. The highest BCUT2D eigenvalue weighted by Gasteiger charge is 2.25. The molecule has 1 aliphatic heterocycles. The van der Waals surface area contributed by atoms with Crippen LogP contribution in [0.15, 0.2) is 24.5 Å². The number of benzene rings is 1. The minimum Gasteiger partial charge on any atom is -0.345 e. The molecule has 2 aliphatic rings. The molecule has 2 fully saturated rings. The molecule has 0 radical (unpaired) electrons. The molecule has 3 amide bonds. The normalized spacial score (nSPS) is 19.1. The molecule has 1 aliphatic carbocycles. The van der Waals surface area contributed by atoms with Crippen LogP contribution in [0.25, 0.3) is 11.0 Å². The number of nitrogens with zero attached hydrogens (tertiary/aromatic N) is 3. The van der Waals surface area contributed by atoms with Gasteiger partial charge in [0, 0.05) is 37.8 Å². The molecule has 7 nitrogen and oxygen atoms in total. The van der Waals surface area contributed by atoms with Crippen molar-refractivity contribution < 1.29 is 9.59 Å². The lowest BCUT2D eigenvalue weighted by molar-refractivity contribution is 0.0762. The van der Waals surface area contributed by atoms with Crippen LogP contribution in [0, 0.1) is 0 Å². The molecule has 27 heavy (non-hydrogen) atoms. The molecule has 0 bridgehead atoms. The van der Waals surface area contributed by atoms with Gasteiger partial charge in [0.1, 0.15) is 0 Å². The zero-order chi connectivity index (χ0) is 18.6. The molecule has 0 unspecified atom stereocenters. The van der Waals surface area contributed by atoms with Gasteiger partial charge in [-0.25, -0.2) is 9.78 Å². The Hall–Kier alpha value is -2.57. The zero-order valence-electron chi connectivity index (χ0n) is 15.6. The highest BCUT2D eigenvalue weighted by Crippen LogP contribution is 2.18. The van der Waals surface area contributed by atoms with E-state index in [1.54, 1.807) is 6.33 Å². The fourth-order valence-electron chi connectivity index (χ4n) is 4.09. The van der Waals surface area contributed by atoms with Crippen molar-refractivity contribution in [3.05, 3.63) is 30.1 Å². The van der Waals surface area contributed by atoms with Gasteiger partial charge in [-0.05, 0) is 37.5 Å². The number of urea groups is 1. The Morgan fingerprint density at radius 2 is 1.78 bits per heavy atom. The smallest absolute Gasteiger partial charge is 0.317 e. The lowest BCUT2D eigenvalue weighted by Gasteiger charge is -2.27. The van der Waals surface area contributed by atoms with Crippen LogP contribution in [0.4, 0.5) is 4.79 Å². The standard InChI is InChI=1S/C20H27N5O2/c26-19(15-7-8-17-18(13-15)22-14-21-17)24-9-4-10-25(12-11-24)20(27)23-16-5-2-1-3-6-16/h7-8,13-14,16H,1-6,9-12H2,(H,21,22)(H,23,27). The van der Waals surface area contributed by atoms with Gasteiger partial charge in [0.15, 0.2) is 0 Å². The Labute approximate surface area is 159 Å². The summed E-state index contributed by atoms with van der Waals surface area (Å²) in [4.78, 5) is 36.4. The molecule has 2 heterocycles. The van der Waals surface area contributed by atoms with Gasteiger partial charge < -0.3 is 20.1 Å². The molecule has 0 atom stereocenters. The number of aromatic amines is 1. The van der Waals surface area contributed by atoms with E-state index in [-0.39, 0.29) is 11.9 Å². The number of hydrogen-bond donors (Lipinski definition) is 2. The number of carbonyl (C=O) groups is 2. The van der Waals surface area contributed by atoms with Crippen LogP contribution in [-0.4, -0.2) is 63.9 Å². The summed E-state index contributed by atoms with van der Waals surface area (Å²) in [7, 11) is 0. The van der Waals surface area contributed by atoms with Crippen LogP contribution in [0.1, 0.15) is 48.9 Å². The molecule has 2 aromatic rings. The second-order valence-corrected chi connectivity index (χ2v) is 7.55. The van der Waals surface area contributed by atoms with Gasteiger partial charge in [-0.15, -0.1) is 0 Å². The average Bonchev–Trinajstić information content (AvgIpc) is 3.02. The quantitative estimate of drug-likeness (QED) is 0.854. The molecular weight excluding hydrogens is 342 g/mol. The second kappa shape index (κ2) is 7.98. The van der Waals surface area contributed by atoms with E-state index < -0.39 is 0 Å². The summed E-state index contributed by atoms with van der Waals surface area (Å²) in [6.45, 7) is 2.52. The maximum absolute atomic E-state index is 12.9. The third kappa shape index (κ3) is 4.07. The summed E-state index contributed by atoms with van der Waals surface area (Å²) in [5.41, 5.74) is 2.38. The predicted molar refractivity (Wildman–Crippen MR) is 104 cm³/mol. The monoisotopic (exact) mass is 369 g/mol. The van der Waals surface area contributed by atoms with Crippen LogP contribution in [0.3, 0.4) is 0 Å². The van der Waals surface area contributed by atoms with E-state index in [2.05, 4.69) is 15.3 Å². The van der Waals surface area contributed by atoms with E-state index in [9.17, 15) is 9.59 Å². The highest BCUT2D eigenvalue weighted by atomic mass is 16.2. The number of amides is 3. The summed E-state index contributed by atoms with van der Waals surface area (Å²) in [5.74, 6) is 0.0149. The van der Waals surface area contributed by atoms with E-state index in [1.807, 2.05) is 28.0 Å². The van der Waals surface area contributed by atoms with E-state index >= 15 is 0 Å². The molecule has 1 aromatic carbocycles. The molecule has 2 N–H and O–H groups in total. The largest absolute Gasteiger partial charge is 0.345 e. The van der Waals surface area contributed by atoms with Gasteiger partial charge in [0.2, 0.25) is 0 Å². The number of carbonyl (C=O) groups excluding carboxylic acids is 2. The van der Waals surface area contributed by atoms with E-state index in [1.165, 1.54) is 19.3 Å². The van der Waals surface area contributed by atoms with Crippen LogP contribution in [0.2, 0.25) is 0 Å². The van der Waals surface area contributed by atoms with Crippen LogP contribution < -0.4 is 5.32 Å². The van der Waals surface area contributed by atoms with Crippen molar-refractivity contribution in [2.75, 3.05) is 26.2 Å². The third-order valence-corrected chi connectivity index (χ3v) is 5.67. The van der Waals surface area contributed by atoms with Crippen molar-refractivity contribution in [3.63, 3.8) is 0 Å². The van der Waals surface area contributed by atoms with Gasteiger partial charge in [0.25, 0.3) is 5.91 Å². The molecule has 1 aromatic heterocycles. The van der Waals surface area contributed by atoms with E-state index in [0.717, 1.165) is 30.3 Å². The first-order valence-electron chi connectivity index (χ1n) is 9.98. The Kier molecular flexibility index (Phi) is 5.27. The van der Waals surface area contributed by atoms with Gasteiger partial charge >= 0.3 is 6.03 Å². The zero-order valence-corrected chi connectivity index (χ0v) is 15.6. The lowest BCUT2D eigenvalue weighted by atomic mass is 9.96. The number of fused-ring (bicyclic) bond motifs is 1. The van der Waals surface area contributed by atoms with Gasteiger partial charge in [-0.1, -0.05) is 19.3 Å². The summed E-state index contributed by atoms with van der Waals surface area (Å²) < 4.78 is 0. The van der Waals surface area contributed by atoms with Gasteiger partial charge in [0.05, 0.1) is 17.4 Å². The Bertz CT molecular complexity index is 812. The third-order valence-electron chi connectivity index (χ3n) is 5.67. The van der Waals surface area contributed by atoms with Crippen LogP contribution in [-0.2, 0) is 0 Å². The van der Waals surface area contributed by atoms with Gasteiger partial charge in [-0.3, -0.25) is 4.79 Å². The number of imidazole rings is 1. The molecule has 144 valence electrons. The SMILES string of the molecule is O=C(NC1CCCCC1)N1CCCN(C(=O)c2ccc3nc[nH]c3c2)CC1. The summed E-state index contributed by atoms with van der Waals surface area (Å²) >= 11 is 0. The van der Waals surface area contributed by atoms with Crippen molar-refractivity contribution in [1.29, 1.82) is 0 Å². The maximum atomic E-state index is 12.9. The fraction of sp³-hybridized carbons (Fsp3) is 0.550. The van der Waals surface area contributed by atoms with E-state index in [0.29, 0.717) is 37.8 Å². The summed E-state index contributed by atoms with van der Waals surface area (Å²) in [6.07, 6.45) is 8.28. The summed E-state index contributed by atoms with van der Waals surface area (Å²) in [6, 6.07) is 5.87. The maximum Gasteiger partial charge on any atom is 0.317 e. The Morgan fingerprint density at radius 1 is 1.00 bits per heavy atom. The lowest BCUT2D eigenvalue weighted by Crippen LogP contribution is -2.46. The molecule has 1 saturated carbocycles. The average molecular weight is 369 g/mol. The summed E-state index contributed by atoms with van der Waals surface area (Å²) in [5, 5.41) is 3.18. The first-order chi connectivity index (χ1) is 13.2. The van der Waals surface area contributed by atoms with Crippen molar-refractivity contribution in [2.45, 2.75) is 44.6 Å². The van der Waals surface area contributed by atoms with Gasteiger partial charge in [-0.2, -0.15) is 0 Å². The molecule has 1 saturated heterocycles. The van der Waals surface area contributed by atoms with Crippen molar-refractivity contribution in [1.82, 2.24) is 25.1 Å². The topological polar surface area (TPSA) is 81.3 Å².